The molecule has 0 saturated heterocycles. The lowest BCUT2D eigenvalue weighted by atomic mass is 10.2. The van der Waals surface area contributed by atoms with Crippen LogP contribution in [-0.2, 0) is 9.53 Å². The summed E-state index contributed by atoms with van der Waals surface area (Å²) >= 11 is 11.4. The molecule has 2 aromatic rings. The highest BCUT2D eigenvalue weighted by Gasteiger charge is 2.23. The molecule has 0 saturated carbocycles. The molecule has 0 unspecified atom stereocenters. The number of rotatable bonds is 5. The quantitative estimate of drug-likeness (QED) is 0.619. The minimum Gasteiger partial charge on any atom is -0.449 e. The van der Waals surface area contributed by atoms with Crippen LogP contribution in [0.5, 0.6) is 0 Å². The van der Waals surface area contributed by atoms with Gasteiger partial charge in [0.1, 0.15) is 11.6 Å². The molecule has 0 aliphatic rings. The van der Waals surface area contributed by atoms with E-state index < -0.39 is 23.8 Å². The minimum absolute atomic E-state index is 0.0407. The molecule has 0 bridgehead atoms. The molecule has 0 aliphatic heterocycles. The third kappa shape index (κ3) is 4.49. The molecule has 0 spiro atoms. The number of nitrogens with one attached hydrogen (secondary N) is 1. The highest BCUT2D eigenvalue weighted by Crippen LogP contribution is 2.25. The molecule has 1 amide bonds. The second-order valence-corrected chi connectivity index (χ2v) is 6.35. The Morgan fingerprint density at radius 2 is 1.92 bits per heavy atom. The first kappa shape index (κ1) is 19.2. The topological polar surface area (TPSA) is 73.2 Å². The molecule has 2 rings (SSSR count). The third-order valence-corrected chi connectivity index (χ3v) is 3.90. The summed E-state index contributed by atoms with van der Waals surface area (Å²) in [6.45, 7) is 5.20. The second-order valence-electron chi connectivity index (χ2n) is 5.54. The van der Waals surface area contributed by atoms with Gasteiger partial charge >= 0.3 is 5.97 Å². The summed E-state index contributed by atoms with van der Waals surface area (Å²) < 4.78 is 20.2. The Bertz CT molecular complexity index is 808. The highest BCUT2D eigenvalue weighted by molar-refractivity contribution is 6.36. The normalized spacial score (nSPS) is 12.1. The zero-order valence-corrected chi connectivity index (χ0v) is 15.2. The number of aromatic nitrogens is 2. The molecule has 0 aliphatic carbocycles. The predicted molar refractivity (Wildman–Crippen MR) is 92.5 cm³/mol. The lowest BCUT2D eigenvalue weighted by Gasteiger charge is -2.16. The number of esters is 1. The zero-order valence-electron chi connectivity index (χ0n) is 13.7. The average Bonchev–Trinajstić information content (AvgIpc) is 2.98. The Labute approximate surface area is 153 Å². The fourth-order valence-corrected chi connectivity index (χ4v) is 2.47. The molecule has 6 nitrogen and oxygen atoms in total. The van der Waals surface area contributed by atoms with Crippen LogP contribution in [0.2, 0.25) is 10.0 Å². The lowest BCUT2D eigenvalue weighted by molar-refractivity contribution is -0.123. The first-order chi connectivity index (χ1) is 11.7. The van der Waals surface area contributed by atoms with Gasteiger partial charge in [0, 0.05) is 12.1 Å². The van der Waals surface area contributed by atoms with E-state index in [1.54, 1.807) is 16.9 Å². The number of nitrogens with zero attached hydrogens (tertiary/aromatic N) is 2. The molecule has 0 fully saturated rings. The van der Waals surface area contributed by atoms with E-state index in [4.69, 9.17) is 27.9 Å². The van der Waals surface area contributed by atoms with Crippen LogP contribution in [0.3, 0.4) is 0 Å². The molecule has 1 atom stereocenters. The van der Waals surface area contributed by atoms with Gasteiger partial charge in [-0.3, -0.25) is 4.79 Å². The van der Waals surface area contributed by atoms with E-state index >= 15 is 0 Å². The van der Waals surface area contributed by atoms with E-state index in [0.717, 1.165) is 12.1 Å². The number of ether oxygens (including phenoxy) is 1. The summed E-state index contributed by atoms with van der Waals surface area (Å²) in [6.07, 6.45) is 0.417. The van der Waals surface area contributed by atoms with Gasteiger partial charge in [-0.1, -0.05) is 23.2 Å². The molecule has 134 valence electrons. The van der Waals surface area contributed by atoms with Crippen molar-refractivity contribution in [2.45, 2.75) is 32.9 Å². The number of hydrogen-bond acceptors (Lipinski definition) is 4. The monoisotopic (exact) mass is 387 g/mol. The number of hydrogen-bond donors (Lipinski definition) is 1. The maximum Gasteiger partial charge on any atom is 0.340 e. The molecule has 1 heterocycles. The van der Waals surface area contributed by atoms with E-state index in [1.807, 2.05) is 13.8 Å². The van der Waals surface area contributed by atoms with Gasteiger partial charge in [0.15, 0.2) is 6.10 Å². The van der Waals surface area contributed by atoms with Crippen molar-refractivity contribution in [2.24, 2.45) is 0 Å². The molecule has 1 N–H and O–H groups in total. The van der Waals surface area contributed by atoms with Crippen LogP contribution in [0.1, 0.15) is 37.2 Å². The minimum atomic E-state index is -1.13. The van der Waals surface area contributed by atoms with Crippen molar-refractivity contribution in [3.63, 3.8) is 0 Å². The van der Waals surface area contributed by atoms with Gasteiger partial charge in [0.25, 0.3) is 5.91 Å². The standard InChI is InChI=1S/C16H16Cl2FN3O3/c1-8(2)22-14(4-5-20-22)21-15(23)9(3)25-16(24)10-6-13(19)12(18)7-11(10)17/h4-9H,1-3H3,(H,21,23)/t9-/m0/s1. The number of halogens is 3. The Hall–Kier alpha value is -2.12. The van der Waals surface area contributed by atoms with Crippen LogP contribution in [0.4, 0.5) is 10.2 Å². The molecule has 1 aromatic carbocycles. The van der Waals surface area contributed by atoms with Crippen LogP contribution < -0.4 is 5.32 Å². The van der Waals surface area contributed by atoms with Crippen molar-refractivity contribution in [2.75, 3.05) is 5.32 Å². The fourth-order valence-electron chi connectivity index (χ4n) is 2.01. The van der Waals surface area contributed by atoms with E-state index in [1.165, 1.54) is 6.92 Å². The van der Waals surface area contributed by atoms with Gasteiger partial charge in [0.05, 0.1) is 21.8 Å². The van der Waals surface area contributed by atoms with Crippen molar-refractivity contribution < 1.29 is 18.7 Å². The fraction of sp³-hybridized carbons (Fsp3) is 0.312. The maximum atomic E-state index is 13.5. The Balaban J connectivity index is 2.07. The largest absolute Gasteiger partial charge is 0.449 e. The van der Waals surface area contributed by atoms with Crippen molar-refractivity contribution in [3.05, 3.63) is 45.8 Å². The van der Waals surface area contributed by atoms with Gasteiger partial charge < -0.3 is 10.1 Å². The summed E-state index contributed by atoms with van der Waals surface area (Å²) in [6, 6.07) is 3.63. The molecule has 25 heavy (non-hydrogen) atoms. The van der Waals surface area contributed by atoms with Gasteiger partial charge in [0.2, 0.25) is 0 Å². The Morgan fingerprint density at radius 3 is 2.56 bits per heavy atom. The SMILES string of the molecule is CC(C)n1nccc1NC(=O)[C@H](C)OC(=O)c1cc(F)c(Cl)cc1Cl. The number of benzene rings is 1. The van der Waals surface area contributed by atoms with E-state index in [9.17, 15) is 14.0 Å². The van der Waals surface area contributed by atoms with Gasteiger partial charge in [-0.05, 0) is 32.9 Å². The average molecular weight is 388 g/mol. The summed E-state index contributed by atoms with van der Waals surface area (Å²) in [5.41, 5.74) is -0.213. The molecular formula is C16H16Cl2FN3O3. The molecule has 0 radical (unpaired) electrons. The van der Waals surface area contributed by atoms with Crippen LogP contribution in [0, 0.1) is 5.82 Å². The maximum absolute atomic E-state index is 13.5. The van der Waals surface area contributed by atoms with Gasteiger partial charge in [-0.15, -0.1) is 0 Å². The van der Waals surface area contributed by atoms with E-state index in [0.29, 0.717) is 5.82 Å². The Morgan fingerprint density at radius 1 is 1.24 bits per heavy atom. The molecule has 9 heteroatoms. The van der Waals surface area contributed by atoms with Crippen molar-refractivity contribution in [1.29, 1.82) is 0 Å². The van der Waals surface area contributed by atoms with Crippen LogP contribution in [0.15, 0.2) is 24.4 Å². The smallest absolute Gasteiger partial charge is 0.340 e. The van der Waals surface area contributed by atoms with Crippen LogP contribution in [-0.4, -0.2) is 27.8 Å². The second kappa shape index (κ2) is 7.84. The summed E-state index contributed by atoms with van der Waals surface area (Å²) in [5.74, 6) is -1.82. The van der Waals surface area contributed by atoms with Crippen molar-refractivity contribution in [1.82, 2.24) is 9.78 Å². The number of carbonyl (C=O) groups is 2. The number of anilines is 1. The number of amides is 1. The first-order valence-corrected chi connectivity index (χ1v) is 8.16. The van der Waals surface area contributed by atoms with Gasteiger partial charge in [-0.2, -0.15) is 5.10 Å². The van der Waals surface area contributed by atoms with Crippen LogP contribution >= 0.6 is 23.2 Å². The highest BCUT2D eigenvalue weighted by atomic mass is 35.5. The predicted octanol–water partition coefficient (Wildman–Crippen LogP) is 4.09. The van der Waals surface area contributed by atoms with Gasteiger partial charge in [-0.25, -0.2) is 13.9 Å². The van der Waals surface area contributed by atoms with Crippen LogP contribution in [0.25, 0.3) is 0 Å². The zero-order chi connectivity index (χ0) is 18.7. The van der Waals surface area contributed by atoms with Crippen molar-refractivity contribution in [3.8, 4) is 0 Å². The van der Waals surface area contributed by atoms with E-state index in [2.05, 4.69) is 10.4 Å². The summed E-state index contributed by atoms with van der Waals surface area (Å²) in [5, 5.41) is 6.43. The summed E-state index contributed by atoms with van der Waals surface area (Å²) in [7, 11) is 0. The van der Waals surface area contributed by atoms with E-state index in [-0.39, 0.29) is 21.7 Å². The summed E-state index contributed by atoms with van der Waals surface area (Å²) in [4.78, 5) is 24.3. The molecule has 1 aromatic heterocycles. The lowest BCUT2D eigenvalue weighted by Crippen LogP contribution is -2.31. The first-order valence-electron chi connectivity index (χ1n) is 7.40. The molecular weight excluding hydrogens is 372 g/mol. The number of carbonyl (C=O) groups excluding carboxylic acids is 2. The third-order valence-electron chi connectivity index (χ3n) is 3.29. The Kier molecular flexibility index (Phi) is 6.02. The van der Waals surface area contributed by atoms with Crippen molar-refractivity contribution >= 4 is 40.9 Å².